The van der Waals surface area contributed by atoms with Gasteiger partial charge in [0, 0.05) is 6.42 Å². The summed E-state index contributed by atoms with van der Waals surface area (Å²) in [6.07, 6.45) is -0.278. The van der Waals surface area contributed by atoms with Crippen molar-refractivity contribution in [2.45, 2.75) is 29.7 Å². The third-order valence-electron chi connectivity index (χ3n) is 0.950. The molecular weight excluding hydrogens is 182 g/mol. The average Bonchev–Trinajstić information content (AvgIpc) is 1.63. The highest BCUT2D eigenvalue weighted by atomic mass is 35.5. The zero-order valence-electron chi connectivity index (χ0n) is 5.02. The van der Waals surface area contributed by atoms with Crippen LogP contribution in [0.4, 0.5) is 0 Å². The first kappa shape index (κ1) is 9.83. The number of hydrogen-bond acceptors (Lipinski definition) is 1. The monoisotopic (exact) mass is 190 g/mol. The van der Waals surface area contributed by atoms with Gasteiger partial charge in [-0.25, -0.2) is 0 Å². The van der Waals surface area contributed by atoms with Crippen molar-refractivity contribution in [2.24, 2.45) is 0 Å². The van der Waals surface area contributed by atoms with E-state index >= 15 is 0 Å². The molecule has 0 spiro atoms. The van der Waals surface area contributed by atoms with Gasteiger partial charge >= 0.3 is 0 Å². The van der Waals surface area contributed by atoms with Crippen LogP contribution in [-0.2, 0) is 0 Å². The summed E-state index contributed by atoms with van der Waals surface area (Å²) in [7, 11) is 0. The van der Waals surface area contributed by atoms with Crippen LogP contribution in [0.15, 0.2) is 0 Å². The van der Waals surface area contributed by atoms with Gasteiger partial charge < -0.3 is 5.11 Å². The maximum absolute atomic E-state index is 9.00. The molecule has 0 aromatic carbocycles. The number of hydrogen-bond donors (Lipinski definition) is 1. The van der Waals surface area contributed by atoms with Crippen molar-refractivity contribution in [3.8, 4) is 0 Å². The molecule has 9 heavy (non-hydrogen) atoms. The topological polar surface area (TPSA) is 20.2 Å². The number of aliphatic hydroxyl groups excluding tert-OH is 1. The molecule has 0 saturated carbocycles. The van der Waals surface area contributed by atoms with E-state index in [-0.39, 0.29) is 5.38 Å². The lowest BCUT2D eigenvalue weighted by atomic mass is 10.2. The second kappa shape index (κ2) is 4.62. The lowest BCUT2D eigenvalue weighted by Gasteiger charge is -2.11. The lowest BCUT2D eigenvalue weighted by molar-refractivity contribution is 0.168. The highest BCUT2D eigenvalue weighted by Gasteiger charge is 2.14. The number of aliphatic hydroxyl groups is 1. The second-order valence-electron chi connectivity index (χ2n) is 1.87. The maximum Gasteiger partial charge on any atom is 0.110 e. The highest BCUT2D eigenvalue weighted by Crippen LogP contribution is 2.14. The molecule has 1 nitrogen and oxygen atoms in total. The molecule has 0 aliphatic rings. The lowest BCUT2D eigenvalue weighted by Crippen LogP contribution is -2.19. The average molecular weight is 191 g/mol. The van der Waals surface area contributed by atoms with Crippen LogP contribution in [0.25, 0.3) is 0 Å². The van der Waals surface area contributed by atoms with Crippen LogP contribution < -0.4 is 0 Å². The van der Waals surface area contributed by atoms with Crippen LogP contribution in [0, 0.1) is 0 Å². The van der Waals surface area contributed by atoms with Gasteiger partial charge in [0.1, 0.15) is 4.84 Å². The zero-order chi connectivity index (χ0) is 7.44. The van der Waals surface area contributed by atoms with Crippen LogP contribution in [-0.4, -0.2) is 21.4 Å². The van der Waals surface area contributed by atoms with Crippen molar-refractivity contribution in [1.29, 1.82) is 0 Å². The Kier molecular flexibility index (Phi) is 5.04. The Morgan fingerprint density at radius 1 is 1.33 bits per heavy atom. The van der Waals surface area contributed by atoms with E-state index in [2.05, 4.69) is 0 Å². The molecule has 0 aromatic rings. The summed E-state index contributed by atoms with van der Waals surface area (Å²) in [5, 5.41) is 8.71. The summed E-state index contributed by atoms with van der Waals surface area (Å²) < 4.78 is 0. The number of rotatable bonds is 3. The molecule has 2 atom stereocenters. The van der Waals surface area contributed by atoms with Gasteiger partial charge in [0.15, 0.2) is 0 Å². The molecule has 0 aromatic heterocycles. The van der Waals surface area contributed by atoms with E-state index in [0.717, 1.165) is 0 Å². The fourth-order valence-corrected chi connectivity index (χ4v) is 0.838. The van der Waals surface area contributed by atoms with Crippen molar-refractivity contribution in [1.82, 2.24) is 0 Å². The molecule has 0 fully saturated rings. The van der Waals surface area contributed by atoms with Gasteiger partial charge in [-0.05, 0) is 6.92 Å². The van der Waals surface area contributed by atoms with E-state index in [0.29, 0.717) is 6.42 Å². The van der Waals surface area contributed by atoms with Crippen LogP contribution in [0.3, 0.4) is 0 Å². The molecule has 0 aliphatic heterocycles. The van der Waals surface area contributed by atoms with Crippen molar-refractivity contribution in [3.05, 3.63) is 0 Å². The number of halogens is 3. The first-order valence-electron chi connectivity index (χ1n) is 2.64. The molecular formula is C5H9Cl3O. The fourth-order valence-electron chi connectivity index (χ4n) is 0.370. The summed E-state index contributed by atoms with van der Waals surface area (Å²) in [5.41, 5.74) is 0. The Bertz CT molecular complexity index is 74.6. The predicted molar refractivity (Wildman–Crippen MR) is 41.4 cm³/mol. The van der Waals surface area contributed by atoms with Gasteiger partial charge in [-0.3, -0.25) is 0 Å². The Hall–Kier alpha value is 0.830. The largest absolute Gasteiger partial charge is 0.392 e. The van der Waals surface area contributed by atoms with Gasteiger partial charge in [-0.15, -0.1) is 34.8 Å². The van der Waals surface area contributed by atoms with Crippen LogP contribution in [0.2, 0.25) is 0 Å². The third kappa shape index (κ3) is 5.28. The van der Waals surface area contributed by atoms with Crippen LogP contribution in [0.1, 0.15) is 13.3 Å². The molecule has 1 N–H and O–H groups in total. The van der Waals surface area contributed by atoms with Crippen molar-refractivity contribution >= 4 is 34.8 Å². The molecule has 4 heteroatoms. The highest BCUT2D eigenvalue weighted by molar-refractivity contribution is 6.44. The predicted octanol–water partition coefficient (Wildman–Crippen LogP) is 2.17. The van der Waals surface area contributed by atoms with E-state index in [4.69, 9.17) is 39.9 Å². The summed E-state index contributed by atoms with van der Waals surface area (Å²) in [6.45, 7) is 1.70. The van der Waals surface area contributed by atoms with Gasteiger partial charge in [-0.2, -0.15) is 0 Å². The Labute approximate surface area is 69.9 Å². The smallest absolute Gasteiger partial charge is 0.110 e. The molecule has 0 aliphatic carbocycles. The SMILES string of the molecule is CC(Cl)C(O)CC(Cl)Cl. The van der Waals surface area contributed by atoms with Gasteiger partial charge in [-0.1, -0.05) is 0 Å². The van der Waals surface area contributed by atoms with Crippen LogP contribution in [0.5, 0.6) is 0 Å². The fraction of sp³-hybridized carbons (Fsp3) is 1.00. The summed E-state index contributed by atoms with van der Waals surface area (Å²) in [6, 6.07) is 0. The van der Waals surface area contributed by atoms with E-state index in [1.807, 2.05) is 0 Å². The number of alkyl halides is 3. The van der Waals surface area contributed by atoms with Crippen LogP contribution >= 0.6 is 34.8 Å². The summed E-state index contributed by atoms with van der Waals surface area (Å²) in [5.74, 6) is 0. The quantitative estimate of drug-likeness (QED) is 0.678. The molecule has 0 radical (unpaired) electrons. The molecule has 0 saturated heterocycles. The van der Waals surface area contributed by atoms with E-state index in [9.17, 15) is 0 Å². The van der Waals surface area contributed by atoms with Crippen molar-refractivity contribution in [3.63, 3.8) is 0 Å². The molecule has 0 heterocycles. The van der Waals surface area contributed by atoms with Crippen molar-refractivity contribution in [2.75, 3.05) is 0 Å². The van der Waals surface area contributed by atoms with Gasteiger partial charge in [0.2, 0.25) is 0 Å². The van der Waals surface area contributed by atoms with E-state index in [1.54, 1.807) is 6.92 Å². The minimum Gasteiger partial charge on any atom is -0.392 e. The van der Waals surface area contributed by atoms with Gasteiger partial charge in [0.05, 0.1) is 11.5 Å². The van der Waals surface area contributed by atoms with Gasteiger partial charge in [0.25, 0.3) is 0 Å². The molecule has 56 valence electrons. The third-order valence-corrected chi connectivity index (χ3v) is 1.60. The zero-order valence-corrected chi connectivity index (χ0v) is 7.29. The normalized spacial score (nSPS) is 18.0. The molecule has 2 unspecified atom stereocenters. The summed E-state index contributed by atoms with van der Waals surface area (Å²) in [4.78, 5) is -0.527. The second-order valence-corrected chi connectivity index (χ2v) is 3.84. The first-order valence-corrected chi connectivity index (χ1v) is 3.95. The summed E-state index contributed by atoms with van der Waals surface area (Å²) >= 11 is 16.2. The van der Waals surface area contributed by atoms with Crippen molar-refractivity contribution < 1.29 is 5.11 Å². The Morgan fingerprint density at radius 3 is 1.89 bits per heavy atom. The maximum atomic E-state index is 9.00. The molecule has 0 rings (SSSR count). The Morgan fingerprint density at radius 2 is 1.78 bits per heavy atom. The molecule has 0 bridgehead atoms. The molecule has 0 amide bonds. The first-order chi connectivity index (χ1) is 4.04. The minimum absolute atomic E-state index is 0.287. The standard InChI is InChI=1S/C5H9Cl3O/c1-3(6)4(9)2-5(7)8/h3-5,9H,2H2,1H3. The van der Waals surface area contributed by atoms with E-state index in [1.165, 1.54) is 0 Å². The Balaban J connectivity index is 3.38. The minimum atomic E-state index is -0.605. The van der Waals surface area contributed by atoms with E-state index < -0.39 is 10.9 Å².